The van der Waals surface area contributed by atoms with Crippen LogP contribution in [-0.4, -0.2) is 24.2 Å². The Kier molecular flexibility index (Phi) is 4.50. The first-order valence-electron chi connectivity index (χ1n) is 6.55. The van der Waals surface area contributed by atoms with Gasteiger partial charge < -0.3 is 15.2 Å². The summed E-state index contributed by atoms with van der Waals surface area (Å²) in [6.45, 7) is 4.02. The van der Waals surface area contributed by atoms with Gasteiger partial charge in [-0.3, -0.25) is 4.79 Å². The monoisotopic (exact) mass is 301 g/mol. The van der Waals surface area contributed by atoms with Gasteiger partial charge in [-0.25, -0.2) is 4.39 Å². The van der Waals surface area contributed by atoms with Crippen molar-refractivity contribution in [3.8, 4) is 5.75 Å². The molecule has 0 bridgehead atoms. The van der Waals surface area contributed by atoms with Crippen LogP contribution in [0.2, 0.25) is 5.02 Å². The van der Waals surface area contributed by atoms with E-state index in [1.807, 2.05) is 0 Å². The molecule has 2 N–H and O–H groups in total. The van der Waals surface area contributed by atoms with Crippen molar-refractivity contribution >= 4 is 17.5 Å². The topological polar surface area (TPSA) is 58.6 Å². The molecule has 0 spiro atoms. The van der Waals surface area contributed by atoms with E-state index in [0.29, 0.717) is 24.5 Å². The van der Waals surface area contributed by atoms with Gasteiger partial charge in [0.2, 0.25) is 5.91 Å². The van der Waals surface area contributed by atoms with Gasteiger partial charge in [-0.2, -0.15) is 0 Å². The number of hydrogen-bond acceptors (Lipinski definition) is 3. The molecule has 1 aromatic rings. The lowest BCUT2D eigenvalue weighted by Crippen LogP contribution is -2.15. The van der Waals surface area contributed by atoms with E-state index in [-0.39, 0.29) is 28.8 Å². The second kappa shape index (κ2) is 5.97. The number of carbonyl (C=O) groups is 1. The summed E-state index contributed by atoms with van der Waals surface area (Å²) in [5.41, 5.74) is 0.709. The first-order valence-corrected chi connectivity index (χ1v) is 6.92. The highest BCUT2D eigenvalue weighted by atomic mass is 35.5. The van der Waals surface area contributed by atoms with Gasteiger partial charge in [0.25, 0.3) is 0 Å². The fourth-order valence-corrected chi connectivity index (χ4v) is 2.66. The highest BCUT2D eigenvalue weighted by Gasteiger charge is 2.31. The van der Waals surface area contributed by atoms with Crippen molar-refractivity contribution in [3.63, 3.8) is 0 Å². The van der Waals surface area contributed by atoms with Crippen LogP contribution in [-0.2, 0) is 4.79 Å². The molecule has 1 aliphatic heterocycles. The molecule has 1 unspecified atom stereocenters. The number of aliphatic hydroxyl groups is 1. The molecule has 0 radical (unpaired) electrons. The van der Waals surface area contributed by atoms with Gasteiger partial charge in [-0.05, 0) is 19.9 Å². The molecule has 1 aromatic carbocycles. The number of aliphatic hydroxyl groups excluding tert-OH is 1. The fraction of sp³-hybridized carbons (Fsp3) is 0.500. The molecule has 2 rings (SSSR count). The van der Waals surface area contributed by atoms with E-state index in [1.165, 1.54) is 6.07 Å². The summed E-state index contributed by atoms with van der Waals surface area (Å²) < 4.78 is 19.9. The zero-order valence-electron chi connectivity index (χ0n) is 11.4. The van der Waals surface area contributed by atoms with E-state index in [9.17, 15) is 14.3 Å². The van der Waals surface area contributed by atoms with Gasteiger partial charge in [0, 0.05) is 30.0 Å². The molecule has 1 saturated heterocycles. The van der Waals surface area contributed by atoms with Gasteiger partial charge >= 0.3 is 0 Å². The van der Waals surface area contributed by atoms with Crippen LogP contribution in [0.5, 0.6) is 5.75 Å². The number of nitrogens with one attached hydrogen (secondary N) is 1. The lowest BCUT2D eigenvalue weighted by Gasteiger charge is -2.21. The van der Waals surface area contributed by atoms with Crippen molar-refractivity contribution in [1.82, 2.24) is 5.32 Å². The molecule has 20 heavy (non-hydrogen) atoms. The maximum absolute atomic E-state index is 14.4. The minimum absolute atomic E-state index is 0.0706. The second-order valence-corrected chi connectivity index (χ2v) is 5.23. The van der Waals surface area contributed by atoms with Gasteiger partial charge in [-0.15, -0.1) is 0 Å². The SMILES string of the molecule is CCOc1c([C@@H](C)O)cc(Cl)c(F)c1C1CNC(=O)C1. The third-order valence-corrected chi connectivity index (χ3v) is 3.63. The Morgan fingerprint density at radius 3 is 2.85 bits per heavy atom. The van der Waals surface area contributed by atoms with Crippen LogP contribution >= 0.6 is 11.6 Å². The molecule has 1 heterocycles. The average Bonchev–Trinajstić information content (AvgIpc) is 2.80. The van der Waals surface area contributed by atoms with Gasteiger partial charge in [-0.1, -0.05) is 11.6 Å². The molecular weight excluding hydrogens is 285 g/mol. The summed E-state index contributed by atoms with van der Waals surface area (Å²) in [7, 11) is 0. The Morgan fingerprint density at radius 2 is 2.35 bits per heavy atom. The second-order valence-electron chi connectivity index (χ2n) is 4.82. The molecule has 1 fully saturated rings. The van der Waals surface area contributed by atoms with Crippen LogP contribution in [0.4, 0.5) is 4.39 Å². The maximum atomic E-state index is 14.4. The largest absolute Gasteiger partial charge is 0.493 e. The molecule has 110 valence electrons. The quantitative estimate of drug-likeness (QED) is 0.898. The van der Waals surface area contributed by atoms with E-state index in [2.05, 4.69) is 5.32 Å². The number of carbonyl (C=O) groups excluding carboxylic acids is 1. The zero-order valence-corrected chi connectivity index (χ0v) is 12.1. The highest BCUT2D eigenvalue weighted by Crippen LogP contribution is 2.41. The minimum Gasteiger partial charge on any atom is -0.493 e. The molecule has 1 aliphatic rings. The third kappa shape index (κ3) is 2.74. The molecule has 0 saturated carbocycles. The highest BCUT2D eigenvalue weighted by molar-refractivity contribution is 6.31. The van der Waals surface area contributed by atoms with Crippen LogP contribution in [0.25, 0.3) is 0 Å². The lowest BCUT2D eigenvalue weighted by atomic mass is 9.93. The number of amides is 1. The smallest absolute Gasteiger partial charge is 0.220 e. The third-order valence-electron chi connectivity index (χ3n) is 3.36. The Hall–Kier alpha value is -1.33. The van der Waals surface area contributed by atoms with Crippen LogP contribution in [0.15, 0.2) is 6.07 Å². The summed E-state index contributed by atoms with van der Waals surface area (Å²) in [4.78, 5) is 11.4. The van der Waals surface area contributed by atoms with Crippen LogP contribution < -0.4 is 10.1 Å². The minimum atomic E-state index is -0.835. The Labute approximate surface area is 121 Å². The van der Waals surface area contributed by atoms with E-state index >= 15 is 0 Å². The number of halogens is 2. The Balaban J connectivity index is 2.59. The first-order chi connectivity index (χ1) is 9.45. The van der Waals surface area contributed by atoms with Gasteiger partial charge in [0.05, 0.1) is 17.7 Å². The van der Waals surface area contributed by atoms with Crippen molar-refractivity contribution in [1.29, 1.82) is 0 Å². The molecular formula is C14H17ClFNO3. The molecule has 1 amide bonds. The molecule has 6 heteroatoms. The summed E-state index contributed by atoms with van der Waals surface area (Å²) in [5, 5.41) is 12.4. The number of benzene rings is 1. The summed E-state index contributed by atoms with van der Waals surface area (Å²) >= 11 is 5.90. The van der Waals surface area contributed by atoms with Gasteiger partial charge in [0.1, 0.15) is 11.6 Å². The lowest BCUT2D eigenvalue weighted by molar-refractivity contribution is -0.119. The van der Waals surface area contributed by atoms with E-state index < -0.39 is 11.9 Å². The predicted molar refractivity (Wildman–Crippen MR) is 73.6 cm³/mol. The average molecular weight is 302 g/mol. The first kappa shape index (κ1) is 15.1. The molecule has 4 nitrogen and oxygen atoms in total. The summed E-state index contributed by atoms with van der Waals surface area (Å²) in [6.07, 6.45) is -0.644. The number of hydrogen-bond donors (Lipinski definition) is 2. The number of rotatable bonds is 4. The van der Waals surface area contributed by atoms with E-state index in [0.717, 1.165) is 0 Å². The summed E-state index contributed by atoms with van der Waals surface area (Å²) in [6, 6.07) is 1.38. The van der Waals surface area contributed by atoms with Gasteiger partial charge in [0.15, 0.2) is 0 Å². The Bertz CT molecular complexity index is 534. The normalized spacial score (nSPS) is 19.9. The van der Waals surface area contributed by atoms with Crippen molar-refractivity contribution in [2.45, 2.75) is 32.3 Å². The van der Waals surface area contributed by atoms with Crippen LogP contribution in [0, 0.1) is 5.82 Å². The molecule has 2 atom stereocenters. The Morgan fingerprint density at radius 1 is 1.65 bits per heavy atom. The zero-order chi connectivity index (χ0) is 14.9. The van der Waals surface area contributed by atoms with Crippen molar-refractivity contribution < 1.29 is 19.0 Å². The molecule has 0 aliphatic carbocycles. The van der Waals surface area contributed by atoms with Crippen molar-refractivity contribution in [2.24, 2.45) is 0 Å². The van der Waals surface area contributed by atoms with E-state index in [4.69, 9.17) is 16.3 Å². The molecule has 0 aromatic heterocycles. The standard InChI is InChI=1S/C14H17ClFNO3/c1-3-20-14-9(7(2)18)5-10(15)13(16)12(14)8-4-11(19)17-6-8/h5,7-8,18H,3-4,6H2,1-2H3,(H,17,19)/t7-,8?/m1/s1. The predicted octanol–water partition coefficient (Wildman–Crippen LogP) is 2.53. The van der Waals surface area contributed by atoms with Crippen LogP contribution in [0.1, 0.15) is 43.4 Å². The summed E-state index contributed by atoms with van der Waals surface area (Å²) in [5.74, 6) is -0.748. The van der Waals surface area contributed by atoms with Crippen molar-refractivity contribution in [2.75, 3.05) is 13.2 Å². The van der Waals surface area contributed by atoms with E-state index in [1.54, 1.807) is 13.8 Å². The van der Waals surface area contributed by atoms with Crippen LogP contribution in [0.3, 0.4) is 0 Å². The van der Waals surface area contributed by atoms with Crippen molar-refractivity contribution in [3.05, 3.63) is 28.0 Å². The maximum Gasteiger partial charge on any atom is 0.220 e. The fourth-order valence-electron chi connectivity index (χ4n) is 2.44. The number of ether oxygens (including phenoxy) is 1.